The molecule has 19 heteroatoms. The Kier molecular flexibility index (Phi) is 12.7. The number of aliphatic hydroxyl groups is 14. The second kappa shape index (κ2) is 15.5. The average Bonchev–Trinajstić information content (AvgIpc) is 3.03. The molecular formula is C26H45NO18. The molecule has 2 aliphatic heterocycles. The fourth-order valence-electron chi connectivity index (χ4n) is 6.41. The molecule has 0 aromatic heterocycles. The topological polar surface area (TPSA) is 332 Å². The molecule has 19 atom stereocenters. The largest absolute Gasteiger partial charge is 0.396 e. The first-order valence-corrected chi connectivity index (χ1v) is 14.6. The van der Waals surface area contributed by atoms with Crippen LogP contribution in [0.15, 0.2) is 11.6 Å². The zero-order chi connectivity index (χ0) is 33.3. The fraction of sp³-hybridized carbons (Fsp3) is 0.923. The third-order valence-corrected chi connectivity index (χ3v) is 9.03. The van der Waals surface area contributed by atoms with Crippen LogP contribution in [0.25, 0.3) is 0 Å². The zero-order valence-electron chi connectivity index (χ0n) is 24.0. The maximum atomic E-state index is 11.0. The molecule has 2 heterocycles. The summed E-state index contributed by atoms with van der Waals surface area (Å²) < 4.78 is 21.6. The summed E-state index contributed by atoms with van der Waals surface area (Å²) in [5.41, 5.74) is -0.0114. The van der Waals surface area contributed by atoms with Crippen molar-refractivity contribution < 1.29 is 90.4 Å². The zero-order valence-corrected chi connectivity index (χ0v) is 24.0. The minimum atomic E-state index is -1.83. The first kappa shape index (κ1) is 36.8. The van der Waals surface area contributed by atoms with Crippen molar-refractivity contribution in [3.8, 4) is 0 Å². The molecule has 19 nitrogen and oxygen atoms in total. The molecule has 0 aromatic rings. The van der Waals surface area contributed by atoms with Gasteiger partial charge in [-0.2, -0.15) is 0 Å². The molecule has 3 fully saturated rings. The first-order valence-electron chi connectivity index (χ1n) is 14.6. The van der Waals surface area contributed by atoms with Crippen molar-refractivity contribution in [2.75, 3.05) is 26.4 Å². The van der Waals surface area contributed by atoms with Crippen LogP contribution in [0.4, 0.5) is 0 Å². The molecule has 0 amide bonds. The molecule has 15 N–H and O–H groups in total. The Morgan fingerprint density at radius 3 is 1.60 bits per heavy atom. The normalized spacial score (nSPS) is 51.2. The van der Waals surface area contributed by atoms with Crippen LogP contribution < -0.4 is 5.32 Å². The van der Waals surface area contributed by atoms with Crippen LogP contribution in [-0.2, 0) is 18.9 Å². The van der Waals surface area contributed by atoms with Crippen molar-refractivity contribution in [3.05, 3.63) is 11.6 Å². The van der Waals surface area contributed by atoms with Crippen LogP contribution in [0.5, 0.6) is 0 Å². The third kappa shape index (κ3) is 7.37. The van der Waals surface area contributed by atoms with E-state index in [9.17, 15) is 71.5 Å². The van der Waals surface area contributed by atoms with Gasteiger partial charge >= 0.3 is 0 Å². The Balaban J connectivity index is 1.48. The Bertz CT molecular complexity index is 972. The minimum absolute atomic E-state index is 0.0114. The van der Waals surface area contributed by atoms with Gasteiger partial charge in [-0.25, -0.2) is 0 Å². The first-order chi connectivity index (χ1) is 21.3. The summed E-state index contributed by atoms with van der Waals surface area (Å²) in [6.07, 6.45) is -25.0. The lowest BCUT2D eigenvalue weighted by Crippen LogP contribution is -2.66. The SMILES string of the molecule is OCC1=C[C@H](N[C@H]2C[C@H](CO)[C@@H](O[C@H]3[C@H](O)[C@H](O)[C@@H](O)O[C@H]3CO)[C@H](O)[C@H]2O)[C@H](O)[C@@H](O)[C@@H]1O[C@H]1[C@H](O)[C@H](O)[C@H](O)O[C@@H]1CO. The summed E-state index contributed by atoms with van der Waals surface area (Å²) >= 11 is 0. The maximum Gasteiger partial charge on any atom is 0.184 e. The van der Waals surface area contributed by atoms with Gasteiger partial charge in [0.1, 0.15) is 73.2 Å². The summed E-state index contributed by atoms with van der Waals surface area (Å²) in [7, 11) is 0. The van der Waals surface area contributed by atoms with Gasteiger partial charge in [0.2, 0.25) is 0 Å². The smallest absolute Gasteiger partial charge is 0.184 e. The summed E-state index contributed by atoms with van der Waals surface area (Å²) in [6.45, 7) is -2.83. The molecule has 4 rings (SSSR count). The van der Waals surface area contributed by atoms with Crippen molar-refractivity contribution in [1.82, 2.24) is 5.32 Å². The van der Waals surface area contributed by atoms with E-state index in [0.717, 1.165) is 0 Å². The highest BCUT2D eigenvalue weighted by Gasteiger charge is 2.52. The van der Waals surface area contributed by atoms with Gasteiger partial charge in [-0.15, -0.1) is 0 Å². The number of hydrogen-bond donors (Lipinski definition) is 15. The average molecular weight is 660 g/mol. The summed E-state index contributed by atoms with van der Waals surface area (Å²) in [6, 6.07) is -2.24. The van der Waals surface area contributed by atoms with Gasteiger partial charge in [-0.3, -0.25) is 0 Å². The number of ether oxygens (including phenoxy) is 4. The molecule has 2 aliphatic carbocycles. The van der Waals surface area contributed by atoms with Gasteiger partial charge in [0.05, 0.1) is 38.1 Å². The van der Waals surface area contributed by atoms with E-state index in [1.165, 1.54) is 6.08 Å². The lowest BCUT2D eigenvalue weighted by molar-refractivity contribution is -0.311. The van der Waals surface area contributed by atoms with Crippen molar-refractivity contribution >= 4 is 0 Å². The van der Waals surface area contributed by atoms with Crippen LogP contribution >= 0.6 is 0 Å². The predicted octanol–water partition coefficient (Wildman–Crippen LogP) is -8.93. The molecule has 0 unspecified atom stereocenters. The lowest BCUT2D eigenvalue weighted by atomic mass is 9.78. The fourth-order valence-corrected chi connectivity index (χ4v) is 6.41. The van der Waals surface area contributed by atoms with E-state index in [1.54, 1.807) is 0 Å². The van der Waals surface area contributed by atoms with Crippen molar-refractivity contribution in [2.24, 2.45) is 5.92 Å². The highest BCUT2D eigenvalue weighted by atomic mass is 16.7. The van der Waals surface area contributed by atoms with Gasteiger partial charge < -0.3 is 95.8 Å². The van der Waals surface area contributed by atoms with Gasteiger partial charge in [-0.05, 0) is 12.0 Å². The molecule has 0 bridgehead atoms. The number of hydrogen-bond acceptors (Lipinski definition) is 19. The number of aliphatic hydroxyl groups excluding tert-OH is 14. The Labute approximate surface area is 256 Å². The molecule has 262 valence electrons. The maximum absolute atomic E-state index is 11.0. The Morgan fingerprint density at radius 2 is 1.11 bits per heavy atom. The standard InChI is InChI=1S/C26H45NO18/c28-3-7-1-9(13(32)15(34)21(7)44-23-11(5-30)42-25(40)19(38)17(23)36)27-10-2-8(4-29)22(16(35)14(10)33)45-24-12(6-31)43-26(41)20(39)18(24)37/h1,8-41H,2-6H2/t8-,9+,10+,11-,12+,13+,14+,15-,16-,17-,18-,19+,20+,21-,22-,23-,24-,25-,26+/m1/s1. The second-order valence-electron chi connectivity index (χ2n) is 11.9. The van der Waals surface area contributed by atoms with E-state index in [-0.39, 0.29) is 12.0 Å². The van der Waals surface area contributed by atoms with E-state index in [2.05, 4.69) is 5.32 Å². The van der Waals surface area contributed by atoms with E-state index in [1.807, 2.05) is 0 Å². The van der Waals surface area contributed by atoms with Crippen molar-refractivity contribution in [2.45, 2.75) is 117 Å². The second-order valence-corrected chi connectivity index (χ2v) is 11.9. The summed E-state index contributed by atoms with van der Waals surface area (Å²) in [5.74, 6) is -0.926. The van der Waals surface area contributed by atoms with Crippen LogP contribution in [-0.4, -0.2) is 208 Å². The lowest BCUT2D eigenvalue weighted by Gasteiger charge is -2.48. The van der Waals surface area contributed by atoms with Gasteiger partial charge in [0, 0.05) is 18.6 Å². The summed E-state index contributed by atoms with van der Waals surface area (Å²) in [5, 5.41) is 146. The van der Waals surface area contributed by atoms with Gasteiger partial charge in [-0.1, -0.05) is 6.08 Å². The van der Waals surface area contributed by atoms with Crippen LogP contribution in [0.2, 0.25) is 0 Å². The van der Waals surface area contributed by atoms with Crippen LogP contribution in [0.1, 0.15) is 6.42 Å². The molecular weight excluding hydrogens is 614 g/mol. The van der Waals surface area contributed by atoms with Crippen molar-refractivity contribution in [1.29, 1.82) is 0 Å². The number of nitrogens with one attached hydrogen (secondary N) is 1. The quantitative estimate of drug-likeness (QED) is 0.0968. The molecule has 45 heavy (non-hydrogen) atoms. The third-order valence-electron chi connectivity index (χ3n) is 9.03. The number of rotatable bonds is 10. The molecule has 0 aromatic carbocycles. The molecule has 0 spiro atoms. The van der Waals surface area contributed by atoms with E-state index in [4.69, 9.17) is 18.9 Å². The molecule has 2 saturated heterocycles. The molecule has 4 aliphatic rings. The van der Waals surface area contributed by atoms with E-state index in [0.29, 0.717) is 0 Å². The summed E-state index contributed by atoms with van der Waals surface area (Å²) in [4.78, 5) is 0. The Hall–Kier alpha value is -1.02. The van der Waals surface area contributed by atoms with Crippen LogP contribution in [0, 0.1) is 5.92 Å². The monoisotopic (exact) mass is 659 g/mol. The van der Waals surface area contributed by atoms with Gasteiger partial charge in [0.25, 0.3) is 0 Å². The highest BCUT2D eigenvalue weighted by molar-refractivity contribution is 5.23. The van der Waals surface area contributed by atoms with Gasteiger partial charge in [0.15, 0.2) is 12.6 Å². The molecule has 1 saturated carbocycles. The van der Waals surface area contributed by atoms with E-state index >= 15 is 0 Å². The minimum Gasteiger partial charge on any atom is -0.396 e. The van der Waals surface area contributed by atoms with Crippen molar-refractivity contribution in [3.63, 3.8) is 0 Å². The van der Waals surface area contributed by atoms with E-state index < -0.39 is 142 Å². The van der Waals surface area contributed by atoms with Crippen LogP contribution in [0.3, 0.4) is 0 Å². The molecule has 0 radical (unpaired) electrons. The Morgan fingerprint density at radius 1 is 0.600 bits per heavy atom. The predicted molar refractivity (Wildman–Crippen MR) is 142 cm³/mol. The highest BCUT2D eigenvalue weighted by Crippen LogP contribution is 2.34.